The lowest BCUT2D eigenvalue weighted by atomic mass is 10.0. The summed E-state index contributed by atoms with van der Waals surface area (Å²) in [5, 5.41) is 14.1. The van der Waals surface area contributed by atoms with Gasteiger partial charge in [0.25, 0.3) is 0 Å². The van der Waals surface area contributed by atoms with Crippen LogP contribution in [0, 0.1) is 5.92 Å². The zero-order valence-electron chi connectivity index (χ0n) is 9.59. The molecule has 1 aromatic heterocycles. The van der Waals surface area contributed by atoms with E-state index in [2.05, 4.69) is 5.16 Å². The first-order chi connectivity index (χ1) is 9.00. The molecule has 3 atom stereocenters. The molecule has 19 heavy (non-hydrogen) atoms. The van der Waals surface area contributed by atoms with Crippen molar-refractivity contribution < 1.29 is 23.5 Å². The van der Waals surface area contributed by atoms with Gasteiger partial charge < -0.3 is 14.5 Å². The Balaban J connectivity index is 1.82. The van der Waals surface area contributed by atoms with Gasteiger partial charge in [-0.25, -0.2) is 4.79 Å². The maximum Gasteiger partial charge on any atom is 0.354 e. The zero-order valence-corrected chi connectivity index (χ0v) is 11.2. The Morgan fingerprint density at radius 2 is 2.42 bits per heavy atom. The predicted octanol–water partition coefficient (Wildman–Crippen LogP) is 0.423. The molecule has 0 saturated carbocycles. The summed E-state index contributed by atoms with van der Waals surface area (Å²) in [6.07, 6.45) is -0.499. The first kappa shape index (κ1) is 12.7. The van der Waals surface area contributed by atoms with Crippen LogP contribution >= 0.6 is 11.3 Å². The first-order valence-electron chi connectivity index (χ1n) is 5.51. The van der Waals surface area contributed by atoms with Crippen molar-refractivity contribution >= 4 is 33.4 Å². The number of nitrogens with zero attached hydrogens (tertiary/aromatic N) is 2. The number of oxime groups is 1. The Morgan fingerprint density at radius 1 is 1.63 bits per heavy atom. The van der Waals surface area contributed by atoms with Gasteiger partial charge in [0, 0.05) is 6.07 Å². The molecule has 0 radical (unpaired) electrons. The lowest BCUT2D eigenvalue weighted by molar-refractivity contribution is -0.129. The smallest absolute Gasteiger partial charge is 0.354 e. The van der Waals surface area contributed by atoms with E-state index in [4.69, 9.17) is 9.94 Å². The van der Waals surface area contributed by atoms with Crippen LogP contribution in [-0.4, -0.2) is 44.8 Å². The molecule has 3 unspecified atom stereocenters. The summed E-state index contributed by atoms with van der Waals surface area (Å²) in [6.45, 7) is 0.223. The van der Waals surface area contributed by atoms with E-state index in [9.17, 15) is 13.6 Å². The summed E-state index contributed by atoms with van der Waals surface area (Å²) in [7, 11) is -3.56. The van der Waals surface area contributed by atoms with Crippen LogP contribution in [-0.2, 0) is 24.2 Å². The van der Waals surface area contributed by atoms with Crippen LogP contribution in [0.1, 0.15) is 0 Å². The van der Waals surface area contributed by atoms with Crippen molar-refractivity contribution in [2.75, 3.05) is 13.1 Å². The van der Waals surface area contributed by atoms with Gasteiger partial charge in [-0.15, -0.1) is 4.31 Å². The highest BCUT2D eigenvalue weighted by Gasteiger charge is 2.51. The summed E-state index contributed by atoms with van der Waals surface area (Å²) >= 11 is 1.13. The first-order valence-corrected chi connectivity index (χ1v) is 7.83. The fraction of sp³-hybridized carbons (Fsp3) is 0.400. The summed E-state index contributed by atoms with van der Waals surface area (Å²) < 4.78 is 26.1. The van der Waals surface area contributed by atoms with Crippen molar-refractivity contribution in [3.8, 4) is 0 Å². The second-order valence-corrected chi connectivity index (χ2v) is 7.40. The van der Waals surface area contributed by atoms with Crippen molar-refractivity contribution in [3.05, 3.63) is 17.5 Å². The average Bonchev–Trinajstić information content (AvgIpc) is 3.05. The number of fused-ring (bicyclic) bond motifs is 1. The molecule has 1 N–H and O–H groups in total. The van der Waals surface area contributed by atoms with Crippen LogP contribution < -0.4 is 0 Å². The molecule has 1 aromatic rings. The van der Waals surface area contributed by atoms with Gasteiger partial charge in [0.2, 0.25) is 4.21 Å². The molecule has 0 aromatic carbocycles. The van der Waals surface area contributed by atoms with E-state index < -0.39 is 28.4 Å². The minimum absolute atomic E-state index is 0.0933. The van der Waals surface area contributed by atoms with Gasteiger partial charge in [0.15, 0.2) is 22.2 Å². The molecule has 2 aliphatic heterocycles. The molecule has 9 heteroatoms. The van der Waals surface area contributed by atoms with Crippen molar-refractivity contribution in [1.82, 2.24) is 4.31 Å². The third kappa shape index (κ3) is 1.98. The zero-order chi connectivity index (χ0) is 13.6. The van der Waals surface area contributed by atoms with E-state index in [0.29, 0.717) is 0 Å². The third-order valence-electron chi connectivity index (χ3n) is 3.18. The van der Waals surface area contributed by atoms with Crippen molar-refractivity contribution in [2.24, 2.45) is 11.1 Å². The van der Waals surface area contributed by atoms with Crippen LogP contribution in [0.5, 0.6) is 0 Å². The number of rotatable bonds is 3. The molecular formula is C10H10N2O5S2. The average molecular weight is 302 g/mol. The molecule has 0 amide bonds. The normalized spacial score (nSPS) is 29.4. The third-order valence-corrected chi connectivity index (χ3v) is 6.38. The van der Waals surface area contributed by atoms with Crippen LogP contribution in [0.3, 0.4) is 0 Å². The van der Waals surface area contributed by atoms with Gasteiger partial charge in [-0.3, -0.25) is 0 Å². The molecule has 2 aliphatic rings. The number of carbonyl (C=O) groups is 1. The Hall–Kier alpha value is -1.29. The lowest BCUT2D eigenvalue weighted by Gasteiger charge is -2.21. The van der Waals surface area contributed by atoms with Gasteiger partial charge >= 0.3 is 5.97 Å². The second kappa shape index (κ2) is 4.37. The summed E-state index contributed by atoms with van der Waals surface area (Å²) in [6, 6.07) is 3.19. The van der Waals surface area contributed by atoms with E-state index in [-0.39, 0.29) is 23.0 Å². The largest absolute Gasteiger partial charge is 0.592 e. The number of hydrogen-bond acceptors (Lipinski definition) is 6. The number of hydrogen-bond donors (Lipinski definition) is 1. The molecule has 102 valence electrons. The van der Waals surface area contributed by atoms with E-state index in [1.807, 2.05) is 0 Å². The topological polar surface area (TPSA) is 102 Å². The maximum absolute atomic E-state index is 12.3. The number of carboxylic acid groups (broad SMARTS) is 1. The predicted molar refractivity (Wildman–Crippen MR) is 66.4 cm³/mol. The highest BCUT2D eigenvalue weighted by atomic mass is 32.3. The number of sulfonamides is 1. The van der Waals surface area contributed by atoms with Crippen molar-refractivity contribution in [3.63, 3.8) is 0 Å². The Labute approximate surface area is 113 Å². The van der Waals surface area contributed by atoms with Crippen LogP contribution in [0.15, 0.2) is 26.9 Å². The number of thiophene rings is 1. The molecule has 0 bridgehead atoms. The number of carboxylic acids is 1. The highest BCUT2D eigenvalue weighted by molar-refractivity contribution is 7.97. The van der Waals surface area contributed by atoms with Crippen LogP contribution in [0.2, 0.25) is 0 Å². The van der Waals surface area contributed by atoms with E-state index >= 15 is 0 Å². The quantitative estimate of drug-likeness (QED) is 0.815. The van der Waals surface area contributed by atoms with Crippen LogP contribution in [0.4, 0.5) is 0 Å². The molecule has 7 nitrogen and oxygen atoms in total. The molecular weight excluding hydrogens is 292 g/mol. The van der Waals surface area contributed by atoms with E-state index in [1.165, 1.54) is 10.4 Å². The molecule has 1 saturated heterocycles. The maximum atomic E-state index is 12.3. The SMILES string of the molecule is O=C(O)C1=NOC2CN([S+](=O)([O-])c3cccs3)CC12. The Morgan fingerprint density at radius 3 is 3.05 bits per heavy atom. The molecule has 1 fully saturated rings. The van der Waals surface area contributed by atoms with Gasteiger partial charge in [-0.1, -0.05) is 20.7 Å². The molecule has 0 aliphatic carbocycles. The minimum Gasteiger partial charge on any atom is -0.592 e. The highest BCUT2D eigenvalue weighted by Crippen LogP contribution is 2.34. The van der Waals surface area contributed by atoms with Gasteiger partial charge in [-0.05, 0) is 11.4 Å². The van der Waals surface area contributed by atoms with Crippen LogP contribution in [0.25, 0.3) is 0 Å². The minimum atomic E-state index is -3.56. The molecule has 3 heterocycles. The van der Waals surface area contributed by atoms with Gasteiger partial charge in [0.05, 0.1) is 19.0 Å². The lowest BCUT2D eigenvalue weighted by Crippen LogP contribution is -2.35. The van der Waals surface area contributed by atoms with E-state index in [0.717, 1.165) is 11.3 Å². The molecule has 0 spiro atoms. The standard InChI is InChI=1S/C10H10N2O5S2/c13-10(14)9-6-4-12(5-7(6)17-11-9)19(15,16)8-2-1-3-18-8/h1-3,6-7H,4-5H2,(H-,13,14,15,16). The van der Waals surface area contributed by atoms with Gasteiger partial charge in [-0.2, -0.15) is 0 Å². The summed E-state index contributed by atoms with van der Waals surface area (Å²) in [5.74, 6) is -1.66. The van der Waals surface area contributed by atoms with Crippen molar-refractivity contribution in [1.29, 1.82) is 0 Å². The Kier molecular flexibility index (Phi) is 2.93. The molecule has 3 rings (SSSR count). The number of aliphatic carboxylic acids is 1. The summed E-state index contributed by atoms with van der Waals surface area (Å²) in [5.41, 5.74) is -0.103. The summed E-state index contributed by atoms with van der Waals surface area (Å²) in [4.78, 5) is 16.0. The fourth-order valence-electron chi connectivity index (χ4n) is 2.23. The monoisotopic (exact) mass is 302 g/mol. The van der Waals surface area contributed by atoms with Gasteiger partial charge in [0.1, 0.15) is 0 Å². The Bertz CT molecular complexity index is 585. The van der Waals surface area contributed by atoms with Crippen molar-refractivity contribution in [2.45, 2.75) is 10.3 Å². The fourth-order valence-corrected chi connectivity index (χ4v) is 4.86. The van der Waals surface area contributed by atoms with E-state index in [1.54, 1.807) is 11.4 Å². The second-order valence-electron chi connectivity index (χ2n) is 4.29.